The van der Waals surface area contributed by atoms with Crippen LogP contribution in [-0.2, 0) is 20.0 Å². The fraction of sp³-hybridized carbons (Fsp3) is 0.650. The molecule has 0 saturated carbocycles. The molecule has 0 radical (unpaired) electrons. The number of nitrogens with zero attached hydrogens (tertiary/aromatic N) is 1. The van der Waals surface area contributed by atoms with Crippen molar-refractivity contribution in [1.82, 2.24) is 10.2 Å². The monoisotopic (exact) mass is 394 g/mol. The lowest BCUT2D eigenvalue weighted by Gasteiger charge is -2.28. The summed E-state index contributed by atoms with van der Waals surface area (Å²) in [5, 5.41) is 2.91. The molecule has 3 rings (SSSR count). The molecule has 2 unspecified atom stereocenters. The second kappa shape index (κ2) is 7.80. The maximum Gasteiger partial charge on any atom is 0.258 e. The molecule has 6 nitrogen and oxygen atoms in total. The third-order valence-electron chi connectivity index (χ3n) is 5.33. The van der Waals surface area contributed by atoms with Crippen LogP contribution >= 0.6 is 0 Å². The number of carbonyl (C=O) groups excluding carboxylic acids is 1. The van der Waals surface area contributed by atoms with Crippen LogP contribution in [0.4, 0.5) is 0 Å². The van der Waals surface area contributed by atoms with Crippen LogP contribution in [0.5, 0.6) is 5.75 Å². The molecule has 27 heavy (non-hydrogen) atoms. The number of likely N-dealkylation sites (tertiary alicyclic amines) is 1. The molecule has 1 N–H and O–H groups in total. The molecule has 1 aromatic carbocycles. The first-order valence-corrected chi connectivity index (χ1v) is 11.4. The van der Waals surface area contributed by atoms with Gasteiger partial charge in [0.15, 0.2) is 16.4 Å². The highest BCUT2D eigenvalue weighted by atomic mass is 32.2. The minimum absolute atomic E-state index is 0.0124. The number of benzene rings is 1. The number of carbonyl (C=O) groups is 1. The smallest absolute Gasteiger partial charge is 0.258 e. The van der Waals surface area contributed by atoms with Gasteiger partial charge in [0, 0.05) is 6.04 Å². The van der Waals surface area contributed by atoms with E-state index in [4.69, 9.17) is 4.74 Å². The molecule has 150 valence electrons. The highest BCUT2D eigenvalue weighted by Crippen LogP contribution is 2.31. The lowest BCUT2D eigenvalue weighted by atomic mass is 9.86. The normalized spacial score (nSPS) is 25.4. The van der Waals surface area contributed by atoms with Crippen molar-refractivity contribution in [2.75, 3.05) is 31.2 Å². The molecule has 0 aromatic heterocycles. The molecule has 2 atom stereocenters. The molecular formula is C20H30N2O4S. The Morgan fingerprint density at radius 3 is 2.52 bits per heavy atom. The molecular weight excluding hydrogens is 364 g/mol. The first-order chi connectivity index (χ1) is 12.7. The van der Waals surface area contributed by atoms with Gasteiger partial charge in [-0.05, 0) is 43.0 Å². The van der Waals surface area contributed by atoms with E-state index in [0.717, 1.165) is 31.5 Å². The Bertz CT molecular complexity index is 779. The first kappa shape index (κ1) is 20.1. The summed E-state index contributed by atoms with van der Waals surface area (Å²) in [5.74, 6) is 0.560. The predicted molar refractivity (Wildman–Crippen MR) is 106 cm³/mol. The van der Waals surface area contributed by atoms with Gasteiger partial charge in [-0.3, -0.25) is 9.69 Å². The van der Waals surface area contributed by atoms with E-state index in [1.807, 2.05) is 24.3 Å². The van der Waals surface area contributed by atoms with Crippen molar-refractivity contribution in [3.8, 4) is 5.75 Å². The van der Waals surface area contributed by atoms with E-state index in [1.165, 1.54) is 0 Å². The van der Waals surface area contributed by atoms with E-state index in [2.05, 4.69) is 31.0 Å². The summed E-state index contributed by atoms with van der Waals surface area (Å²) >= 11 is 0. The van der Waals surface area contributed by atoms with Gasteiger partial charge in [-0.15, -0.1) is 0 Å². The molecule has 1 aromatic rings. The quantitative estimate of drug-likeness (QED) is 0.823. The van der Waals surface area contributed by atoms with Crippen LogP contribution in [0.2, 0.25) is 0 Å². The Labute approximate surface area is 162 Å². The number of sulfone groups is 1. The molecule has 1 amide bonds. The summed E-state index contributed by atoms with van der Waals surface area (Å²) in [7, 11) is -3.12. The first-order valence-electron chi connectivity index (χ1n) is 9.62. The number of hydrogen-bond acceptors (Lipinski definition) is 5. The molecule has 2 fully saturated rings. The van der Waals surface area contributed by atoms with Crippen molar-refractivity contribution >= 4 is 15.7 Å². The zero-order chi connectivity index (χ0) is 19.7. The van der Waals surface area contributed by atoms with Crippen LogP contribution in [0, 0.1) is 0 Å². The zero-order valence-corrected chi connectivity index (χ0v) is 17.2. The number of nitrogens with one attached hydrogen (secondary N) is 1. The van der Waals surface area contributed by atoms with Crippen LogP contribution in [0.1, 0.15) is 39.2 Å². The Morgan fingerprint density at radius 1 is 1.19 bits per heavy atom. The lowest BCUT2D eigenvalue weighted by Crippen LogP contribution is -2.51. The standard InChI is InChI=1S/C20H30N2O4S/c1-20(2,3)15-8-4-5-9-18(15)26-12-19(23)21-16-13-27(24,25)14-17(16)22-10-6-7-11-22/h4-5,8-9,16-17H,6-7,10-14H2,1-3H3,(H,21,23). The van der Waals surface area contributed by atoms with Crippen molar-refractivity contribution in [2.45, 2.75) is 51.1 Å². The summed E-state index contributed by atoms with van der Waals surface area (Å²) in [6.07, 6.45) is 2.17. The van der Waals surface area contributed by atoms with Crippen molar-refractivity contribution in [1.29, 1.82) is 0 Å². The third kappa shape index (κ3) is 5.02. The van der Waals surface area contributed by atoms with E-state index in [9.17, 15) is 13.2 Å². The number of rotatable bonds is 5. The van der Waals surface area contributed by atoms with Crippen LogP contribution in [0.3, 0.4) is 0 Å². The summed E-state index contributed by atoms with van der Waals surface area (Å²) in [4.78, 5) is 14.7. The van der Waals surface area contributed by atoms with Crippen LogP contribution in [0.15, 0.2) is 24.3 Å². The minimum atomic E-state index is -3.12. The van der Waals surface area contributed by atoms with E-state index in [-0.39, 0.29) is 41.5 Å². The minimum Gasteiger partial charge on any atom is -0.483 e. The summed E-state index contributed by atoms with van der Waals surface area (Å²) in [6.45, 7) is 7.98. The Hall–Kier alpha value is -1.60. The SMILES string of the molecule is CC(C)(C)c1ccccc1OCC(=O)NC1CS(=O)(=O)CC1N1CCCC1. The largest absolute Gasteiger partial charge is 0.483 e. The summed E-state index contributed by atoms with van der Waals surface area (Å²) in [6, 6.07) is 7.22. The Morgan fingerprint density at radius 2 is 1.85 bits per heavy atom. The average Bonchev–Trinajstić information content (AvgIpc) is 3.20. The van der Waals surface area contributed by atoms with Gasteiger partial charge in [0.25, 0.3) is 5.91 Å². The van der Waals surface area contributed by atoms with Crippen molar-refractivity contribution in [2.24, 2.45) is 0 Å². The van der Waals surface area contributed by atoms with Crippen LogP contribution in [-0.4, -0.2) is 62.5 Å². The number of amides is 1. The van der Waals surface area contributed by atoms with E-state index in [0.29, 0.717) is 5.75 Å². The predicted octanol–water partition coefficient (Wildman–Crippen LogP) is 1.74. The van der Waals surface area contributed by atoms with E-state index >= 15 is 0 Å². The van der Waals surface area contributed by atoms with Crippen LogP contribution < -0.4 is 10.1 Å². The number of hydrogen-bond donors (Lipinski definition) is 1. The molecule has 7 heteroatoms. The summed E-state index contributed by atoms with van der Waals surface area (Å²) < 4.78 is 30.0. The molecule has 2 aliphatic rings. The third-order valence-corrected chi connectivity index (χ3v) is 7.05. The van der Waals surface area contributed by atoms with Crippen molar-refractivity contribution in [3.63, 3.8) is 0 Å². The van der Waals surface area contributed by atoms with E-state index in [1.54, 1.807) is 0 Å². The lowest BCUT2D eigenvalue weighted by molar-refractivity contribution is -0.124. The Balaban J connectivity index is 1.62. The fourth-order valence-corrected chi connectivity index (χ4v) is 5.96. The van der Waals surface area contributed by atoms with Crippen molar-refractivity contribution < 1.29 is 17.9 Å². The molecule has 0 spiro atoms. The van der Waals surface area contributed by atoms with Gasteiger partial charge in [0.2, 0.25) is 0 Å². The van der Waals surface area contributed by atoms with Gasteiger partial charge >= 0.3 is 0 Å². The van der Waals surface area contributed by atoms with Gasteiger partial charge in [0.05, 0.1) is 17.5 Å². The van der Waals surface area contributed by atoms with Crippen molar-refractivity contribution in [3.05, 3.63) is 29.8 Å². The second-order valence-corrected chi connectivity index (χ2v) is 10.7. The molecule has 0 bridgehead atoms. The number of para-hydroxylation sites is 1. The highest BCUT2D eigenvalue weighted by molar-refractivity contribution is 7.91. The molecule has 0 aliphatic carbocycles. The zero-order valence-electron chi connectivity index (χ0n) is 16.4. The Kier molecular flexibility index (Phi) is 5.82. The van der Waals surface area contributed by atoms with Gasteiger partial charge in [-0.1, -0.05) is 39.0 Å². The number of ether oxygens (including phenoxy) is 1. The second-order valence-electron chi connectivity index (χ2n) is 8.60. The van der Waals surface area contributed by atoms with Gasteiger partial charge in [-0.2, -0.15) is 0 Å². The molecule has 2 aliphatic heterocycles. The van der Waals surface area contributed by atoms with Gasteiger partial charge in [-0.25, -0.2) is 8.42 Å². The van der Waals surface area contributed by atoms with Crippen LogP contribution in [0.25, 0.3) is 0 Å². The topological polar surface area (TPSA) is 75.7 Å². The van der Waals surface area contributed by atoms with Gasteiger partial charge < -0.3 is 10.1 Å². The maximum absolute atomic E-state index is 12.5. The molecule has 2 saturated heterocycles. The summed E-state index contributed by atoms with van der Waals surface area (Å²) in [5.41, 5.74) is 0.948. The van der Waals surface area contributed by atoms with Gasteiger partial charge in [0.1, 0.15) is 5.75 Å². The average molecular weight is 395 g/mol. The highest BCUT2D eigenvalue weighted by Gasteiger charge is 2.42. The maximum atomic E-state index is 12.5. The molecule has 2 heterocycles. The fourth-order valence-electron chi connectivity index (χ4n) is 4.00. The van der Waals surface area contributed by atoms with E-state index < -0.39 is 9.84 Å².